The summed E-state index contributed by atoms with van der Waals surface area (Å²) in [7, 11) is -4.25. The lowest BCUT2D eigenvalue weighted by Crippen LogP contribution is -2.38. The van der Waals surface area contributed by atoms with E-state index in [2.05, 4.69) is 5.32 Å². The molecule has 0 saturated carbocycles. The zero-order chi connectivity index (χ0) is 26.8. The van der Waals surface area contributed by atoms with Crippen molar-refractivity contribution in [2.45, 2.75) is 38.4 Å². The predicted octanol–water partition coefficient (Wildman–Crippen LogP) is 6.77. The van der Waals surface area contributed by atoms with Crippen LogP contribution in [0.1, 0.15) is 27.8 Å². The van der Waals surface area contributed by atoms with Crippen LogP contribution in [0.3, 0.4) is 0 Å². The van der Waals surface area contributed by atoms with Crippen LogP contribution in [-0.4, -0.2) is 25.2 Å². The number of hydrogen-bond donors (Lipinski definition) is 1. The summed E-state index contributed by atoms with van der Waals surface area (Å²) >= 11 is 12.0. The Morgan fingerprint density at radius 3 is 2.14 bits per heavy atom. The van der Waals surface area contributed by atoms with Crippen molar-refractivity contribution in [1.82, 2.24) is 4.31 Å². The molecule has 3 rings (SSSR count). The Morgan fingerprint density at radius 2 is 1.56 bits per heavy atom. The number of nitrogens with zero attached hydrogens (tertiary/aromatic N) is 1. The van der Waals surface area contributed by atoms with Gasteiger partial charge < -0.3 is 5.32 Å². The van der Waals surface area contributed by atoms with Gasteiger partial charge in [0.05, 0.1) is 32.7 Å². The van der Waals surface area contributed by atoms with Crippen molar-refractivity contribution in [1.29, 1.82) is 0 Å². The van der Waals surface area contributed by atoms with Crippen LogP contribution in [0.4, 0.5) is 18.9 Å². The zero-order valence-electron chi connectivity index (χ0n) is 19.6. The highest BCUT2D eigenvalue weighted by molar-refractivity contribution is 7.89. The molecule has 192 valence electrons. The molecule has 0 spiro atoms. The first-order valence-corrected chi connectivity index (χ1v) is 12.9. The van der Waals surface area contributed by atoms with Crippen LogP contribution in [0.2, 0.25) is 10.0 Å². The third kappa shape index (κ3) is 6.39. The average Bonchev–Trinajstić information content (AvgIpc) is 2.74. The Balaban J connectivity index is 2.01. The minimum Gasteiger partial charge on any atom is -0.324 e. The molecule has 1 N–H and O–H groups in total. The number of aryl methyl sites for hydroxylation is 3. The number of anilines is 1. The summed E-state index contributed by atoms with van der Waals surface area (Å²) < 4.78 is 68.5. The van der Waals surface area contributed by atoms with Gasteiger partial charge in [-0.1, -0.05) is 59.1 Å². The highest BCUT2D eigenvalue weighted by atomic mass is 35.5. The molecule has 36 heavy (non-hydrogen) atoms. The molecule has 0 aliphatic heterocycles. The molecule has 0 unspecified atom stereocenters. The van der Waals surface area contributed by atoms with Gasteiger partial charge in [-0.2, -0.15) is 17.5 Å². The quantitative estimate of drug-likeness (QED) is 0.348. The smallest absolute Gasteiger partial charge is 0.324 e. The van der Waals surface area contributed by atoms with E-state index >= 15 is 0 Å². The standard InChI is InChI=1S/C25H23Cl2F3N2O3S/c1-15-10-16(2)24(17(3)11-15)36(34,35)32(13-18-8-9-20(26)21(27)12-18)14-23(33)31-22-7-5-4-6-19(22)25(28,29)30/h4-12H,13-14H2,1-3H3,(H,31,33). The molecular weight excluding hydrogens is 536 g/mol. The van der Waals surface area contributed by atoms with Crippen LogP contribution < -0.4 is 5.32 Å². The molecule has 3 aromatic rings. The van der Waals surface area contributed by atoms with Crippen molar-refractivity contribution in [3.63, 3.8) is 0 Å². The van der Waals surface area contributed by atoms with Crippen LogP contribution >= 0.6 is 23.2 Å². The summed E-state index contributed by atoms with van der Waals surface area (Å²) in [6.45, 7) is 4.12. The number of amides is 1. The molecule has 0 aliphatic carbocycles. The number of carbonyl (C=O) groups excluding carboxylic acids is 1. The summed E-state index contributed by atoms with van der Waals surface area (Å²) in [6.07, 6.45) is -4.70. The molecule has 11 heteroatoms. The van der Waals surface area contributed by atoms with Crippen molar-refractivity contribution >= 4 is 44.8 Å². The second kappa shape index (κ2) is 10.8. The minimum atomic E-state index is -4.70. The number of para-hydroxylation sites is 1. The van der Waals surface area contributed by atoms with E-state index in [9.17, 15) is 26.4 Å². The van der Waals surface area contributed by atoms with Gasteiger partial charge in [0.25, 0.3) is 0 Å². The minimum absolute atomic E-state index is 0.0247. The first-order valence-electron chi connectivity index (χ1n) is 10.7. The van der Waals surface area contributed by atoms with Gasteiger partial charge in [0, 0.05) is 6.54 Å². The maximum atomic E-state index is 13.8. The first kappa shape index (κ1) is 28.0. The van der Waals surface area contributed by atoms with E-state index in [1.807, 2.05) is 6.92 Å². The fraction of sp³-hybridized carbons (Fsp3) is 0.240. The zero-order valence-corrected chi connectivity index (χ0v) is 21.9. The van der Waals surface area contributed by atoms with Gasteiger partial charge in [-0.05, 0) is 61.7 Å². The molecule has 0 atom stereocenters. The van der Waals surface area contributed by atoms with E-state index in [-0.39, 0.29) is 21.5 Å². The molecule has 0 bridgehead atoms. The fourth-order valence-electron chi connectivity index (χ4n) is 3.96. The third-order valence-electron chi connectivity index (χ3n) is 5.37. The van der Waals surface area contributed by atoms with Crippen molar-refractivity contribution < 1.29 is 26.4 Å². The number of rotatable bonds is 7. The SMILES string of the molecule is Cc1cc(C)c(S(=O)(=O)N(CC(=O)Nc2ccccc2C(F)(F)F)Cc2ccc(Cl)c(Cl)c2)c(C)c1. The Hall–Kier alpha value is -2.59. The number of alkyl halides is 3. The van der Waals surface area contributed by atoms with Crippen LogP contribution in [0, 0.1) is 20.8 Å². The van der Waals surface area contributed by atoms with E-state index in [4.69, 9.17) is 23.2 Å². The van der Waals surface area contributed by atoms with Gasteiger partial charge in [0.2, 0.25) is 15.9 Å². The maximum absolute atomic E-state index is 13.8. The van der Waals surface area contributed by atoms with Gasteiger partial charge >= 0.3 is 6.18 Å². The monoisotopic (exact) mass is 558 g/mol. The summed E-state index contributed by atoms with van der Waals surface area (Å²) in [5.74, 6) is -0.933. The number of halogens is 5. The van der Waals surface area contributed by atoms with Crippen LogP contribution in [0.25, 0.3) is 0 Å². The average molecular weight is 559 g/mol. The lowest BCUT2D eigenvalue weighted by molar-refractivity contribution is -0.137. The van der Waals surface area contributed by atoms with E-state index in [1.54, 1.807) is 32.0 Å². The van der Waals surface area contributed by atoms with E-state index in [0.29, 0.717) is 16.7 Å². The summed E-state index contributed by atoms with van der Waals surface area (Å²) in [4.78, 5) is 12.9. The van der Waals surface area contributed by atoms with Crippen LogP contribution in [-0.2, 0) is 27.5 Å². The van der Waals surface area contributed by atoms with Gasteiger partial charge in [-0.25, -0.2) is 8.42 Å². The molecule has 0 fully saturated rings. The number of carbonyl (C=O) groups is 1. The molecule has 5 nitrogen and oxygen atoms in total. The second-order valence-corrected chi connectivity index (χ2v) is 11.0. The Kier molecular flexibility index (Phi) is 8.40. The van der Waals surface area contributed by atoms with Gasteiger partial charge in [0.1, 0.15) is 0 Å². The van der Waals surface area contributed by atoms with E-state index < -0.39 is 39.9 Å². The highest BCUT2D eigenvalue weighted by Crippen LogP contribution is 2.35. The Bertz CT molecular complexity index is 1390. The number of sulfonamides is 1. The molecule has 0 radical (unpaired) electrons. The van der Waals surface area contributed by atoms with Crippen molar-refractivity contribution in [2.75, 3.05) is 11.9 Å². The number of benzene rings is 3. The van der Waals surface area contributed by atoms with Gasteiger partial charge in [-0.3, -0.25) is 4.79 Å². The van der Waals surface area contributed by atoms with E-state index in [0.717, 1.165) is 22.0 Å². The molecule has 0 saturated heterocycles. The predicted molar refractivity (Wildman–Crippen MR) is 135 cm³/mol. The first-order chi connectivity index (χ1) is 16.7. The van der Waals surface area contributed by atoms with Crippen molar-refractivity contribution in [2.24, 2.45) is 0 Å². The topological polar surface area (TPSA) is 66.5 Å². The normalized spacial score (nSPS) is 12.1. The highest BCUT2D eigenvalue weighted by Gasteiger charge is 2.34. The summed E-state index contributed by atoms with van der Waals surface area (Å²) in [5, 5.41) is 2.66. The third-order valence-corrected chi connectivity index (χ3v) is 8.21. The lowest BCUT2D eigenvalue weighted by Gasteiger charge is -2.25. The number of nitrogens with one attached hydrogen (secondary N) is 1. The van der Waals surface area contributed by atoms with E-state index in [1.165, 1.54) is 24.3 Å². The molecular formula is C25H23Cl2F3N2O3S. The summed E-state index contributed by atoms with van der Waals surface area (Å²) in [6, 6.07) is 12.4. The Morgan fingerprint density at radius 1 is 0.944 bits per heavy atom. The molecule has 0 aliphatic rings. The lowest BCUT2D eigenvalue weighted by atomic mass is 10.1. The van der Waals surface area contributed by atoms with Crippen LogP contribution in [0.5, 0.6) is 0 Å². The molecule has 0 aromatic heterocycles. The molecule has 3 aromatic carbocycles. The molecule has 1 amide bonds. The van der Waals surface area contributed by atoms with Crippen LogP contribution in [0.15, 0.2) is 59.5 Å². The Labute approximate surface area is 217 Å². The summed E-state index contributed by atoms with van der Waals surface area (Å²) in [5.41, 5.74) is 0.761. The second-order valence-electron chi connectivity index (χ2n) is 8.34. The number of hydrogen-bond acceptors (Lipinski definition) is 3. The largest absolute Gasteiger partial charge is 0.418 e. The maximum Gasteiger partial charge on any atom is 0.418 e. The van der Waals surface area contributed by atoms with Gasteiger partial charge in [-0.15, -0.1) is 0 Å². The van der Waals surface area contributed by atoms with Crippen molar-refractivity contribution in [3.8, 4) is 0 Å². The fourth-order valence-corrected chi connectivity index (χ4v) is 6.08. The van der Waals surface area contributed by atoms with Crippen molar-refractivity contribution in [3.05, 3.63) is 92.5 Å². The van der Waals surface area contributed by atoms with Gasteiger partial charge in [0.15, 0.2) is 0 Å². The molecule has 0 heterocycles.